The van der Waals surface area contributed by atoms with Gasteiger partial charge in [0.1, 0.15) is 6.61 Å². The predicted octanol–water partition coefficient (Wildman–Crippen LogP) is 0.365. The van der Waals surface area contributed by atoms with Crippen LogP contribution in [0.5, 0.6) is 0 Å². The van der Waals surface area contributed by atoms with Crippen molar-refractivity contribution in [3.05, 3.63) is 0 Å². The smallest absolute Gasteiger partial charge is 0.370 e. The van der Waals surface area contributed by atoms with Gasteiger partial charge in [-0.15, -0.1) is 13.2 Å². The molecular weight excluding hydrogens is 163 g/mol. The highest BCUT2D eigenvalue weighted by molar-refractivity contribution is 5.78. The van der Waals surface area contributed by atoms with E-state index in [1.807, 2.05) is 0 Å². The van der Waals surface area contributed by atoms with Crippen LogP contribution in [0.15, 0.2) is 0 Å². The lowest BCUT2D eigenvalue weighted by Gasteiger charge is -2.28. The molecule has 0 aromatic rings. The number of amides is 1. The van der Waals surface area contributed by atoms with Gasteiger partial charge in [-0.1, -0.05) is 0 Å². The van der Waals surface area contributed by atoms with Crippen molar-refractivity contribution in [1.82, 2.24) is 4.90 Å². The number of ether oxygens (including phenoxy) is 1. The zero-order valence-corrected chi connectivity index (χ0v) is 5.52. The number of carbonyl (C=O) groups excluding carboxylic acids is 1. The molecule has 0 radical (unpaired) electrons. The Hall–Kier alpha value is -0.780. The summed E-state index contributed by atoms with van der Waals surface area (Å²) >= 11 is 0. The Labute approximate surface area is 60.7 Å². The van der Waals surface area contributed by atoms with E-state index < -0.39 is 25.4 Å². The fraction of sp³-hybridized carbons (Fsp3) is 0.800. The van der Waals surface area contributed by atoms with Gasteiger partial charge in [-0.2, -0.15) is 0 Å². The van der Waals surface area contributed by atoms with Crippen molar-refractivity contribution in [1.29, 1.82) is 0 Å². The molecule has 0 aliphatic carbocycles. The van der Waals surface area contributed by atoms with E-state index in [0.29, 0.717) is 0 Å². The lowest BCUT2D eigenvalue weighted by molar-refractivity contribution is -0.251. The van der Waals surface area contributed by atoms with E-state index in [2.05, 4.69) is 4.74 Å². The molecule has 1 heterocycles. The van der Waals surface area contributed by atoms with Crippen LogP contribution in [0.25, 0.3) is 0 Å². The molecular formula is C5H6F3NO2. The summed E-state index contributed by atoms with van der Waals surface area (Å²) in [6.07, 6.45) is -4.55. The molecule has 0 spiro atoms. The molecule has 0 N–H and O–H groups in total. The van der Waals surface area contributed by atoms with Crippen molar-refractivity contribution in [2.45, 2.75) is 6.30 Å². The Balaban J connectivity index is 2.62. The Bertz CT molecular complexity index is 168. The lowest BCUT2D eigenvalue weighted by atomic mass is 10.4. The first-order chi connectivity index (χ1) is 5.02. The van der Waals surface area contributed by atoms with Gasteiger partial charge >= 0.3 is 6.30 Å². The number of halogens is 3. The summed E-state index contributed by atoms with van der Waals surface area (Å²) < 4.78 is 40.0. The van der Waals surface area contributed by atoms with Gasteiger partial charge in [-0.05, 0) is 0 Å². The average molecular weight is 169 g/mol. The van der Waals surface area contributed by atoms with Crippen molar-refractivity contribution in [2.24, 2.45) is 0 Å². The van der Waals surface area contributed by atoms with E-state index in [1.165, 1.54) is 0 Å². The minimum atomic E-state index is -4.55. The number of carbonyl (C=O) groups is 1. The molecule has 64 valence electrons. The molecule has 1 aliphatic heterocycles. The van der Waals surface area contributed by atoms with Gasteiger partial charge in [0.2, 0.25) is 0 Å². The molecule has 6 heteroatoms. The van der Waals surface area contributed by atoms with Crippen molar-refractivity contribution >= 4 is 5.91 Å². The van der Waals surface area contributed by atoms with Gasteiger partial charge in [0, 0.05) is 0 Å². The first-order valence-electron chi connectivity index (χ1n) is 2.97. The number of nitrogens with zero attached hydrogens (tertiary/aromatic N) is 1. The second kappa shape index (κ2) is 2.69. The number of hydrogen-bond acceptors (Lipinski definition) is 2. The summed E-state index contributed by atoms with van der Waals surface area (Å²) in [6.45, 7) is -0.924. The first-order valence-corrected chi connectivity index (χ1v) is 2.97. The van der Waals surface area contributed by atoms with Gasteiger partial charge < -0.3 is 4.74 Å². The molecule has 1 fully saturated rings. The van der Waals surface area contributed by atoms with E-state index in [0.717, 1.165) is 0 Å². The minimum Gasteiger partial charge on any atom is -0.370 e. The largest absolute Gasteiger partial charge is 0.487 e. The van der Waals surface area contributed by atoms with Gasteiger partial charge in [0.05, 0.1) is 13.2 Å². The molecule has 0 aromatic carbocycles. The standard InChI is InChI=1S/C5H6F3NO2/c6-5(7,8)9-1-2-11-3-4(9)10/h1-3H2. The van der Waals surface area contributed by atoms with Gasteiger partial charge in [0.15, 0.2) is 0 Å². The molecule has 0 unspecified atom stereocenters. The van der Waals surface area contributed by atoms with E-state index in [4.69, 9.17) is 0 Å². The quantitative estimate of drug-likeness (QED) is 0.490. The highest BCUT2D eigenvalue weighted by atomic mass is 19.4. The van der Waals surface area contributed by atoms with E-state index in [-0.39, 0.29) is 11.5 Å². The maximum atomic E-state index is 11.8. The second-order valence-electron chi connectivity index (χ2n) is 2.07. The van der Waals surface area contributed by atoms with Crippen molar-refractivity contribution in [3.8, 4) is 0 Å². The zero-order valence-electron chi connectivity index (χ0n) is 5.52. The third kappa shape index (κ3) is 1.83. The molecule has 1 saturated heterocycles. The Morgan fingerprint density at radius 3 is 2.45 bits per heavy atom. The number of hydrogen-bond donors (Lipinski definition) is 0. The van der Waals surface area contributed by atoms with Crippen LogP contribution in [0.3, 0.4) is 0 Å². The Morgan fingerprint density at radius 1 is 1.45 bits per heavy atom. The molecule has 1 rings (SSSR count). The zero-order chi connectivity index (χ0) is 8.48. The molecule has 0 atom stereocenters. The summed E-state index contributed by atoms with van der Waals surface area (Å²) in [5.74, 6) is -1.02. The van der Waals surface area contributed by atoms with E-state index in [1.54, 1.807) is 0 Å². The minimum absolute atomic E-state index is 0.0503. The summed E-state index contributed by atoms with van der Waals surface area (Å²) in [7, 11) is 0. The van der Waals surface area contributed by atoms with Crippen molar-refractivity contribution in [2.75, 3.05) is 19.8 Å². The van der Waals surface area contributed by atoms with Crippen LogP contribution >= 0.6 is 0 Å². The molecule has 0 bridgehead atoms. The summed E-state index contributed by atoms with van der Waals surface area (Å²) in [5, 5.41) is 0. The normalized spacial score (nSPS) is 20.6. The van der Waals surface area contributed by atoms with Crippen LogP contribution in [0, 0.1) is 0 Å². The van der Waals surface area contributed by atoms with Crippen molar-refractivity contribution in [3.63, 3.8) is 0 Å². The molecule has 1 amide bonds. The number of rotatable bonds is 0. The monoisotopic (exact) mass is 169 g/mol. The maximum Gasteiger partial charge on any atom is 0.487 e. The summed E-state index contributed by atoms with van der Waals surface area (Å²) in [6, 6.07) is 0. The third-order valence-corrected chi connectivity index (χ3v) is 1.29. The molecule has 11 heavy (non-hydrogen) atoms. The van der Waals surface area contributed by atoms with Gasteiger partial charge in [0.25, 0.3) is 5.91 Å². The highest BCUT2D eigenvalue weighted by Crippen LogP contribution is 2.22. The SMILES string of the molecule is O=C1COCCN1C(F)(F)F. The van der Waals surface area contributed by atoms with Gasteiger partial charge in [-0.25, -0.2) is 4.90 Å². The van der Waals surface area contributed by atoms with Crippen LogP contribution in [0.1, 0.15) is 0 Å². The fourth-order valence-electron chi connectivity index (χ4n) is 0.786. The number of morpholine rings is 1. The van der Waals surface area contributed by atoms with Gasteiger partial charge in [-0.3, -0.25) is 4.79 Å². The summed E-state index contributed by atoms with van der Waals surface area (Å²) in [5.41, 5.74) is 0. The summed E-state index contributed by atoms with van der Waals surface area (Å²) in [4.78, 5) is 10.4. The fourth-order valence-corrected chi connectivity index (χ4v) is 0.786. The highest BCUT2D eigenvalue weighted by Gasteiger charge is 2.41. The molecule has 1 aliphatic rings. The first kappa shape index (κ1) is 8.32. The van der Waals surface area contributed by atoms with E-state index in [9.17, 15) is 18.0 Å². The molecule has 0 saturated carbocycles. The van der Waals surface area contributed by atoms with Crippen molar-refractivity contribution < 1.29 is 22.7 Å². The second-order valence-corrected chi connectivity index (χ2v) is 2.07. The Morgan fingerprint density at radius 2 is 2.09 bits per heavy atom. The number of alkyl halides is 3. The molecule has 0 aromatic heterocycles. The average Bonchev–Trinajstić information content (AvgIpc) is 1.86. The van der Waals surface area contributed by atoms with Crippen LogP contribution < -0.4 is 0 Å². The topological polar surface area (TPSA) is 29.5 Å². The van der Waals surface area contributed by atoms with Crippen LogP contribution in [0.2, 0.25) is 0 Å². The van der Waals surface area contributed by atoms with Crippen LogP contribution in [-0.2, 0) is 9.53 Å². The lowest BCUT2D eigenvalue weighted by Crippen LogP contribution is -2.49. The van der Waals surface area contributed by atoms with Crippen LogP contribution in [0.4, 0.5) is 13.2 Å². The van der Waals surface area contributed by atoms with E-state index >= 15 is 0 Å². The Kier molecular flexibility index (Phi) is 2.03. The predicted molar refractivity (Wildman–Crippen MR) is 28.6 cm³/mol. The third-order valence-electron chi connectivity index (χ3n) is 1.29. The van der Waals surface area contributed by atoms with Crippen LogP contribution in [-0.4, -0.2) is 36.9 Å². The maximum absolute atomic E-state index is 11.8. The molecule has 3 nitrogen and oxygen atoms in total.